The summed E-state index contributed by atoms with van der Waals surface area (Å²) in [5.41, 5.74) is 0.134. The molecule has 0 aliphatic rings. The minimum Gasteiger partial charge on any atom is -0.375 e. The molecule has 1 aromatic heterocycles. The van der Waals surface area contributed by atoms with Crippen LogP contribution in [0.2, 0.25) is 0 Å². The summed E-state index contributed by atoms with van der Waals surface area (Å²) >= 11 is 0. The molecule has 0 aliphatic heterocycles. The van der Waals surface area contributed by atoms with Crippen LogP contribution in [0.25, 0.3) is 10.9 Å². The van der Waals surface area contributed by atoms with Crippen LogP contribution in [0.15, 0.2) is 29.1 Å². The van der Waals surface area contributed by atoms with Crippen LogP contribution >= 0.6 is 0 Å². The fraction of sp³-hybridized carbons (Fsp3) is 0.100. The van der Waals surface area contributed by atoms with E-state index in [0.29, 0.717) is 10.9 Å². The summed E-state index contributed by atoms with van der Waals surface area (Å²) in [6.45, 7) is 0. The molecule has 0 aliphatic carbocycles. The molecule has 2 N–H and O–H groups in total. The minimum atomic E-state index is -0.682. The first-order chi connectivity index (χ1) is 7.70. The molecule has 2 rings (SSSR count). The van der Waals surface area contributed by atoms with E-state index in [1.807, 2.05) is 0 Å². The number of nitrogens with one attached hydrogen (secondary N) is 2. The van der Waals surface area contributed by atoms with Gasteiger partial charge in [0.1, 0.15) is 0 Å². The van der Waals surface area contributed by atoms with Crippen molar-refractivity contribution >= 4 is 17.0 Å². The predicted molar refractivity (Wildman–Crippen MR) is 57.4 cm³/mol. The van der Waals surface area contributed by atoms with Gasteiger partial charge in [-0.15, -0.1) is 0 Å². The van der Waals surface area contributed by atoms with Crippen molar-refractivity contribution in [2.75, 3.05) is 7.05 Å². The average molecular weight is 219 g/mol. The summed E-state index contributed by atoms with van der Waals surface area (Å²) in [5, 5.41) is 2.71. The number of aromatic nitrogens is 2. The van der Waals surface area contributed by atoms with Crippen molar-refractivity contribution in [2.24, 2.45) is 0 Å². The molecule has 1 amide bonds. The molecule has 6 heteroatoms. The summed E-state index contributed by atoms with van der Waals surface area (Å²) in [5.74, 6) is 0. The van der Waals surface area contributed by atoms with E-state index in [0.717, 1.165) is 0 Å². The van der Waals surface area contributed by atoms with Gasteiger partial charge in [-0.05, 0) is 12.1 Å². The zero-order valence-electron chi connectivity index (χ0n) is 8.48. The summed E-state index contributed by atoms with van der Waals surface area (Å²) in [4.78, 5) is 28.8. The van der Waals surface area contributed by atoms with E-state index in [2.05, 4.69) is 15.3 Å². The number of amides is 1. The Labute approximate surface area is 90.3 Å². The van der Waals surface area contributed by atoms with Crippen LogP contribution in [0, 0.1) is 0 Å². The van der Waals surface area contributed by atoms with Gasteiger partial charge in [0.05, 0.1) is 10.9 Å². The third-order valence-corrected chi connectivity index (χ3v) is 1.98. The quantitative estimate of drug-likeness (QED) is 0.737. The maximum Gasteiger partial charge on any atom is 0.414 e. The molecule has 16 heavy (non-hydrogen) atoms. The number of carbonyl (C=O) groups is 1. The van der Waals surface area contributed by atoms with Gasteiger partial charge in [0.15, 0.2) is 0 Å². The number of H-pyrrole nitrogens is 1. The molecule has 0 fully saturated rings. The lowest BCUT2D eigenvalue weighted by molar-refractivity contribution is 0.199. The number of fused-ring (bicyclic) bond motifs is 1. The number of nitrogens with zero attached hydrogens (tertiary/aromatic N) is 1. The van der Waals surface area contributed by atoms with Gasteiger partial charge in [0.25, 0.3) is 5.56 Å². The molecular weight excluding hydrogens is 210 g/mol. The Morgan fingerprint density at radius 1 is 1.44 bits per heavy atom. The predicted octanol–water partition coefficient (Wildman–Crippen LogP) is 0.641. The fourth-order valence-corrected chi connectivity index (χ4v) is 1.25. The first kappa shape index (κ1) is 10.2. The zero-order chi connectivity index (χ0) is 11.5. The molecule has 0 saturated carbocycles. The number of carbonyl (C=O) groups excluding carboxylic acids is 1. The SMILES string of the molecule is CNC(=O)Oc1nc2ccccc2c(=O)[nH]1. The van der Waals surface area contributed by atoms with E-state index in [1.54, 1.807) is 24.3 Å². The second-order valence-corrected chi connectivity index (χ2v) is 3.03. The van der Waals surface area contributed by atoms with Crippen molar-refractivity contribution in [1.29, 1.82) is 0 Å². The number of hydrogen-bond donors (Lipinski definition) is 2. The largest absolute Gasteiger partial charge is 0.414 e. The lowest BCUT2D eigenvalue weighted by Crippen LogP contribution is -2.24. The topological polar surface area (TPSA) is 84.1 Å². The first-order valence-electron chi connectivity index (χ1n) is 4.59. The highest BCUT2D eigenvalue weighted by atomic mass is 16.6. The molecule has 6 nitrogen and oxygen atoms in total. The molecule has 1 aromatic carbocycles. The molecule has 0 bridgehead atoms. The van der Waals surface area contributed by atoms with Crippen LogP contribution in [-0.4, -0.2) is 23.1 Å². The normalized spacial score (nSPS) is 10.1. The van der Waals surface area contributed by atoms with Crippen molar-refractivity contribution in [1.82, 2.24) is 15.3 Å². The van der Waals surface area contributed by atoms with Crippen LogP contribution in [0.3, 0.4) is 0 Å². The van der Waals surface area contributed by atoms with Crippen LogP contribution in [0.5, 0.6) is 6.01 Å². The lowest BCUT2D eigenvalue weighted by Gasteiger charge is -2.02. The van der Waals surface area contributed by atoms with Gasteiger partial charge in [-0.25, -0.2) is 4.79 Å². The van der Waals surface area contributed by atoms with E-state index >= 15 is 0 Å². The van der Waals surface area contributed by atoms with Crippen molar-refractivity contribution in [3.05, 3.63) is 34.6 Å². The summed E-state index contributed by atoms with van der Waals surface area (Å²) in [7, 11) is 1.42. The van der Waals surface area contributed by atoms with E-state index < -0.39 is 6.09 Å². The monoisotopic (exact) mass is 219 g/mol. The Kier molecular flexibility index (Phi) is 2.55. The number of aromatic amines is 1. The third kappa shape index (κ3) is 1.85. The molecule has 1 heterocycles. The minimum absolute atomic E-state index is 0.122. The highest BCUT2D eigenvalue weighted by Crippen LogP contribution is 2.08. The maximum atomic E-state index is 11.6. The standard InChI is InChI=1S/C10H9N3O3/c1-11-10(15)16-9-12-7-5-3-2-4-6(7)8(14)13-9/h2-5H,1H3,(H,11,15)(H,12,13,14). The van der Waals surface area contributed by atoms with Crippen LogP contribution in [0.4, 0.5) is 4.79 Å². The molecule has 82 valence electrons. The van der Waals surface area contributed by atoms with E-state index in [9.17, 15) is 9.59 Å². The smallest absolute Gasteiger partial charge is 0.375 e. The number of rotatable bonds is 1. The van der Waals surface area contributed by atoms with E-state index in [-0.39, 0.29) is 11.6 Å². The molecule has 0 radical (unpaired) electrons. The van der Waals surface area contributed by atoms with Gasteiger partial charge in [0.2, 0.25) is 0 Å². The molecule has 0 unspecified atom stereocenters. The lowest BCUT2D eigenvalue weighted by atomic mass is 10.2. The van der Waals surface area contributed by atoms with Crippen molar-refractivity contribution in [3.63, 3.8) is 0 Å². The number of benzene rings is 1. The highest BCUT2D eigenvalue weighted by molar-refractivity contribution is 5.78. The summed E-state index contributed by atoms with van der Waals surface area (Å²) < 4.78 is 4.74. The molecule has 0 saturated heterocycles. The van der Waals surface area contributed by atoms with Crippen molar-refractivity contribution in [3.8, 4) is 6.01 Å². The molecule has 2 aromatic rings. The number of para-hydroxylation sites is 1. The van der Waals surface area contributed by atoms with Gasteiger partial charge in [0, 0.05) is 7.05 Å². The van der Waals surface area contributed by atoms with Crippen molar-refractivity contribution < 1.29 is 9.53 Å². The van der Waals surface area contributed by atoms with Crippen LogP contribution in [0.1, 0.15) is 0 Å². The van der Waals surface area contributed by atoms with Crippen molar-refractivity contribution in [2.45, 2.75) is 0 Å². The van der Waals surface area contributed by atoms with Crippen LogP contribution < -0.4 is 15.6 Å². The Morgan fingerprint density at radius 2 is 2.19 bits per heavy atom. The van der Waals surface area contributed by atoms with E-state index in [4.69, 9.17) is 4.74 Å². The first-order valence-corrected chi connectivity index (χ1v) is 4.59. The summed E-state index contributed by atoms with van der Waals surface area (Å²) in [6.07, 6.45) is -0.682. The van der Waals surface area contributed by atoms with Gasteiger partial charge >= 0.3 is 12.1 Å². The number of ether oxygens (including phenoxy) is 1. The fourth-order valence-electron chi connectivity index (χ4n) is 1.25. The van der Waals surface area contributed by atoms with Gasteiger partial charge < -0.3 is 10.1 Å². The molecule has 0 spiro atoms. The summed E-state index contributed by atoms with van der Waals surface area (Å²) in [6, 6.07) is 6.67. The molecular formula is C10H9N3O3. The third-order valence-electron chi connectivity index (χ3n) is 1.98. The maximum absolute atomic E-state index is 11.6. The van der Waals surface area contributed by atoms with E-state index in [1.165, 1.54) is 7.05 Å². The van der Waals surface area contributed by atoms with Gasteiger partial charge in [-0.2, -0.15) is 4.98 Å². The number of hydrogen-bond acceptors (Lipinski definition) is 4. The second kappa shape index (κ2) is 4.01. The second-order valence-electron chi connectivity index (χ2n) is 3.03. The molecule has 0 atom stereocenters. The Morgan fingerprint density at radius 3 is 2.94 bits per heavy atom. The zero-order valence-corrected chi connectivity index (χ0v) is 8.48. The Hall–Kier alpha value is -2.37. The van der Waals surface area contributed by atoms with Gasteiger partial charge in [-0.1, -0.05) is 12.1 Å². The van der Waals surface area contributed by atoms with Gasteiger partial charge in [-0.3, -0.25) is 9.78 Å². The highest BCUT2D eigenvalue weighted by Gasteiger charge is 2.06. The average Bonchev–Trinajstić information content (AvgIpc) is 2.29. The Balaban J connectivity index is 2.50. The Bertz CT molecular complexity index is 591. The van der Waals surface area contributed by atoms with Crippen LogP contribution in [-0.2, 0) is 0 Å².